The van der Waals surface area contributed by atoms with Crippen molar-refractivity contribution in [2.75, 3.05) is 19.0 Å². The molecule has 0 spiro atoms. The first-order valence-electron chi connectivity index (χ1n) is 7.77. The van der Waals surface area contributed by atoms with Crippen LogP contribution in [0.25, 0.3) is 0 Å². The fourth-order valence-electron chi connectivity index (χ4n) is 2.91. The molecular weight excluding hydrogens is 288 g/mol. The molecule has 3 rings (SSSR count). The average Bonchev–Trinajstić information content (AvgIpc) is 3.02. The number of benzene rings is 2. The fourth-order valence-corrected chi connectivity index (χ4v) is 2.91. The molecule has 2 aromatic carbocycles. The molecular formula is C19H20N2O2. The zero-order valence-electron chi connectivity index (χ0n) is 13.1. The van der Waals surface area contributed by atoms with E-state index in [4.69, 9.17) is 4.74 Å². The molecule has 2 atom stereocenters. The Labute approximate surface area is 136 Å². The van der Waals surface area contributed by atoms with Crippen LogP contribution in [0.2, 0.25) is 0 Å². The number of anilines is 1. The molecule has 4 heteroatoms. The molecule has 2 unspecified atom stereocenters. The minimum atomic E-state index is -0.488. The van der Waals surface area contributed by atoms with Crippen LogP contribution < -0.4 is 5.32 Å². The van der Waals surface area contributed by atoms with Crippen LogP contribution in [0.5, 0.6) is 0 Å². The van der Waals surface area contributed by atoms with Crippen molar-refractivity contribution in [1.29, 1.82) is 0 Å². The van der Waals surface area contributed by atoms with Crippen molar-refractivity contribution in [3.63, 3.8) is 0 Å². The molecule has 118 valence electrons. The molecule has 0 saturated carbocycles. The van der Waals surface area contributed by atoms with Crippen LogP contribution in [0.4, 0.5) is 5.69 Å². The van der Waals surface area contributed by atoms with E-state index >= 15 is 0 Å². The van der Waals surface area contributed by atoms with Gasteiger partial charge in [0.25, 0.3) is 0 Å². The summed E-state index contributed by atoms with van der Waals surface area (Å²) in [5.74, 6) is -0.0233. The third-order valence-corrected chi connectivity index (χ3v) is 4.12. The summed E-state index contributed by atoms with van der Waals surface area (Å²) >= 11 is 0. The highest BCUT2D eigenvalue weighted by Crippen LogP contribution is 2.34. The maximum atomic E-state index is 12.1. The molecule has 0 fully saturated rings. The molecule has 0 bridgehead atoms. The van der Waals surface area contributed by atoms with Crippen LogP contribution in [0.3, 0.4) is 0 Å². The molecule has 1 heterocycles. The van der Waals surface area contributed by atoms with Gasteiger partial charge >= 0.3 is 5.97 Å². The van der Waals surface area contributed by atoms with Crippen molar-refractivity contribution in [3.8, 4) is 0 Å². The van der Waals surface area contributed by atoms with Crippen LogP contribution in [0.1, 0.15) is 23.5 Å². The largest absolute Gasteiger partial charge is 0.467 e. The van der Waals surface area contributed by atoms with Crippen molar-refractivity contribution in [2.24, 2.45) is 4.99 Å². The molecule has 23 heavy (non-hydrogen) atoms. The zero-order valence-corrected chi connectivity index (χ0v) is 13.1. The first-order valence-corrected chi connectivity index (χ1v) is 7.77. The summed E-state index contributed by atoms with van der Waals surface area (Å²) in [6.45, 7) is 0.827. The Morgan fingerprint density at radius 1 is 1.26 bits per heavy atom. The fraction of sp³-hybridized carbons (Fsp3) is 0.263. The Morgan fingerprint density at radius 3 is 2.78 bits per heavy atom. The second kappa shape index (κ2) is 7.09. The van der Waals surface area contributed by atoms with Gasteiger partial charge in [0, 0.05) is 24.4 Å². The Morgan fingerprint density at radius 2 is 2.00 bits per heavy atom. The first-order chi connectivity index (χ1) is 11.3. The number of hydrogen-bond acceptors (Lipinski definition) is 4. The first kappa shape index (κ1) is 15.3. The second-order valence-corrected chi connectivity index (χ2v) is 5.63. The highest BCUT2D eigenvalue weighted by Gasteiger charge is 2.28. The number of methoxy groups -OCH3 is 1. The number of nitrogens with zero attached hydrogens (tertiary/aromatic N) is 1. The number of esters is 1. The topological polar surface area (TPSA) is 50.7 Å². The van der Waals surface area contributed by atoms with Gasteiger partial charge in [-0.2, -0.15) is 0 Å². The minimum absolute atomic E-state index is 0.267. The number of aliphatic imine (C=N–C) groups is 1. The Balaban J connectivity index is 1.76. The van der Waals surface area contributed by atoms with Crippen LogP contribution in [-0.2, 0) is 9.53 Å². The van der Waals surface area contributed by atoms with Crippen molar-refractivity contribution in [2.45, 2.75) is 18.4 Å². The van der Waals surface area contributed by atoms with Gasteiger partial charge in [0.15, 0.2) is 0 Å². The van der Waals surface area contributed by atoms with E-state index in [1.807, 2.05) is 42.5 Å². The van der Waals surface area contributed by atoms with Crippen molar-refractivity contribution < 1.29 is 9.53 Å². The molecule has 1 aliphatic heterocycles. The molecule has 2 aromatic rings. The average molecular weight is 308 g/mol. The lowest BCUT2D eigenvalue weighted by atomic mass is 9.94. The molecule has 4 nitrogen and oxygen atoms in total. The monoisotopic (exact) mass is 308 g/mol. The van der Waals surface area contributed by atoms with Gasteiger partial charge in [-0.05, 0) is 23.6 Å². The Bertz CT molecular complexity index is 698. The molecule has 0 aromatic heterocycles. The maximum absolute atomic E-state index is 12.1. The predicted octanol–water partition coefficient (Wildman–Crippen LogP) is 3.25. The van der Waals surface area contributed by atoms with E-state index in [9.17, 15) is 4.79 Å². The van der Waals surface area contributed by atoms with Crippen LogP contribution >= 0.6 is 0 Å². The number of carbonyl (C=O) groups excluding carboxylic acids is 1. The highest BCUT2D eigenvalue weighted by atomic mass is 16.5. The van der Waals surface area contributed by atoms with Gasteiger partial charge < -0.3 is 10.1 Å². The lowest BCUT2D eigenvalue weighted by molar-refractivity contribution is -0.142. The molecule has 1 N–H and O–H groups in total. The number of fused-ring (bicyclic) bond motifs is 1. The van der Waals surface area contributed by atoms with E-state index in [0.29, 0.717) is 6.42 Å². The molecule has 0 aliphatic carbocycles. The van der Waals surface area contributed by atoms with Gasteiger partial charge in [-0.25, -0.2) is 4.79 Å². The molecule has 0 saturated heterocycles. The van der Waals surface area contributed by atoms with Crippen LogP contribution in [-0.4, -0.2) is 31.9 Å². The lowest BCUT2D eigenvalue weighted by Gasteiger charge is -2.15. The quantitative estimate of drug-likeness (QED) is 0.681. The summed E-state index contributed by atoms with van der Waals surface area (Å²) in [6.07, 6.45) is 2.38. The summed E-state index contributed by atoms with van der Waals surface area (Å²) in [5.41, 5.74) is 3.37. The van der Waals surface area contributed by atoms with Gasteiger partial charge in [0.2, 0.25) is 0 Å². The third-order valence-electron chi connectivity index (χ3n) is 4.12. The summed E-state index contributed by atoms with van der Waals surface area (Å²) in [4.78, 5) is 16.6. The second-order valence-electron chi connectivity index (χ2n) is 5.63. The van der Waals surface area contributed by atoms with Crippen molar-refractivity contribution in [1.82, 2.24) is 0 Å². The maximum Gasteiger partial charge on any atom is 0.330 e. The Kier molecular flexibility index (Phi) is 4.71. The number of ether oxygens (including phenoxy) is 1. The molecule has 1 aliphatic rings. The molecule has 0 amide bonds. The van der Waals surface area contributed by atoms with E-state index in [2.05, 4.69) is 22.4 Å². The van der Waals surface area contributed by atoms with Crippen LogP contribution in [0, 0.1) is 0 Å². The number of nitrogens with one attached hydrogen (secondary N) is 1. The number of carbonyl (C=O) groups is 1. The zero-order chi connectivity index (χ0) is 16.1. The normalized spacial score (nSPS) is 17.5. The van der Waals surface area contributed by atoms with E-state index in [-0.39, 0.29) is 11.9 Å². The van der Waals surface area contributed by atoms with Gasteiger partial charge in [-0.15, -0.1) is 0 Å². The van der Waals surface area contributed by atoms with Gasteiger partial charge in [0.05, 0.1) is 7.11 Å². The van der Waals surface area contributed by atoms with Crippen molar-refractivity contribution >= 4 is 17.9 Å². The number of hydrogen-bond donors (Lipinski definition) is 1. The van der Waals surface area contributed by atoms with Gasteiger partial charge in [-0.3, -0.25) is 4.99 Å². The lowest BCUT2D eigenvalue weighted by Crippen LogP contribution is -2.24. The minimum Gasteiger partial charge on any atom is -0.467 e. The van der Waals surface area contributed by atoms with E-state index in [0.717, 1.165) is 17.8 Å². The van der Waals surface area contributed by atoms with Gasteiger partial charge in [0.1, 0.15) is 6.04 Å². The predicted molar refractivity (Wildman–Crippen MR) is 92.1 cm³/mol. The molecule has 0 radical (unpaired) electrons. The van der Waals surface area contributed by atoms with Crippen molar-refractivity contribution in [3.05, 3.63) is 65.7 Å². The van der Waals surface area contributed by atoms with E-state index < -0.39 is 6.04 Å². The van der Waals surface area contributed by atoms with Gasteiger partial charge in [-0.1, -0.05) is 48.5 Å². The van der Waals surface area contributed by atoms with E-state index in [1.165, 1.54) is 12.7 Å². The summed E-state index contributed by atoms with van der Waals surface area (Å²) in [6, 6.07) is 17.5. The smallest absolute Gasteiger partial charge is 0.330 e. The SMILES string of the molecule is COC(=O)C(CC1CNc2ccccc21)N=Cc1ccccc1. The summed E-state index contributed by atoms with van der Waals surface area (Å²) in [7, 11) is 1.41. The van der Waals surface area contributed by atoms with E-state index in [1.54, 1.807) is 6.21 Å². The summed E-state index contributed by atoms with van der Waals surface area (Å²) in [5, 5.41) is 3.38. The standard InChI is InChI=1S/C19H20N2O2/c1-23-19(22)18(20-12-14-7-3-2-4-8-14)11-15-13-21-17-10-6-5-9-16(15)17/h2-10,12,15,18,21H,11,13H2,1H3. The number of para-hydroxylation sites is 1. The highest BCUT2D eigenvalue weighted by molar-refractivity contribution is 5.84. The third kappa shape index (κ3) is 3.59. The number of rotatable bonds is 5. The van der Waals surface area contributed by atoms with Crippen LogP contribution in [0.15, 0.2) is 59.6 Å². The summed E-state index contributed by atoms with van der Waals surface area (Å²) < 4.78 is 4.93. The Hall–Kier alpha value is -2.62.